The third kappa shape index (κ3) is 2.43. The van der Waals surface area contributed by atoms with E-state index < -0.39 is 0 Å². The van der Waals surface area contributed by atoms with Crippen LogP contribution in [0.25, 0.3) is 10.2 Å². The lowest BCUT2D eigenvalue weighted by Crippen LogP contribution is -2.12. The van der Waals surface area contributed by atoms with Gasteiger partial charge in [-0.25, -0.2) is 4.98 Å². The van der Waals surface area contributed by atoms with Gasteiger partial charge in [0.15, 0.2) is 0 Å². The number of nitrogen functional groups attached to an aromatic ring is 1. The molecule has 0 fully saturated rings. The maximum Gasteiger partial charge on any atom is 0.205 e. The number of carbonyl (C=O) groups excluding carboxylic acids is 1. The van der Waals surface area contributed by atoms with Gasteiger partial charge in [0.05, 0.1) is 5.69 Å². The topological polar surface area (TPSA) is 56.0 Å². The van der Waals surface area contributed by atoms with Gasteiger partial charge in [0.2, 0.25) is 5.78 Å². The van der Waals surface area contributed by atoms with Gasteiger partial charge in [-0.3, -0.25) is 4.79 Å². The Balaban J connectivity index is 1.83. The van der Waals surface area contributed by atoms with Crippen molar-refractivity contribution in [3.63, 3.8) is 0 Å². The first-order valence-corrected chi connectivity index (χ1v) is 8.75. The third-order valence-corrected chi connectivity index (χ3v) is 5.69. The lowest BCUT2D eigenvalue weighted by molar-refractivity contribution is 0.104. The van der Waals surface area contributed by atoms with E-state index in [9.17, 15) is 4.79 Å². The molecule has 0 amide bonds. The van der Waals surface area contributed by atoms with E-state index in [1.807, 2.05) is 30.3 Å². The van der Waals surface area contributed by atoms with Crippen molar-refractivity contribution in [2.45, 2.75) is 26.2 Å². The Hall–Kier alpha value is -2.20. The zero-order valence-electron chi connectivity index (χ0n) is 13.0. The predicted molar refractivity (Wildman–Crippen MR) is 95.1 cm³/mol. The van der Waals surface area contributed by atoms with Crippen LogP contribution in [0.3, 0.4) is 0 Å². The highest BCUT2D eigenvalue weighted by atomic mass is 32.1. The number of aromatic nitrogens is 1. The quantitative estimate of drug-likeness (QED) is 0.718. The smallest absolute Gasteiger partial charge is 0.205 e. The second kappa shape index (κ2) is 5.46. The molecule has 3 nitrogen and oxygen atoms in total. The molecule has 1 aliphatic carbocycles. The normalized spacial score (nSPS) is 17.2. The summed E-state index contributed by atoms with van der Waals surface area (Å²) in [4.78, 5) is 19.0. The van der Waals surface area contributed by atoms with E-state index in [0.717, 1.165) is 23.1 Å². The zero-order chi connectivity index (χ0) is 16.0. The van der Waals surface area contributed by atoms with Crippen LogP contribution in [0.2, 0.25) is 0 Å². The third-order valence-electron chi connectivity index (χ3n) is 4.57. The minimum Gasteiger partial charge on any atom is -0.397 e. The van der Waals surface area contributed by atoms with Crippen molar-refractivity contribution in [1.82, 2.24) is 4.98 Å². The molecule has 0 radical (unpaired) electrons. The zero-order valence-corrected chi connectivity index (χ0v) is 13.8. The van der Waals surface area contributed by atoms with Crippen LogP contribution in [0.15, 0.2) is 36.4 Å². The van der Waals surface area contributed by atoms with Gasteiger partial charge in [-0.2, -0.15) is 0 Å². The molecule has 0 aliphatic heterocycles. The number of thiophene rings is 1. The number of benzene rings is 1. The van der Waals surface area contributed by atoms with E-state index in [1.165, 1.54) is 29.0 Å². The number of anilines is 1. The van der Waals surface area contributed by atoms with Gasteiger partial charge < -0.3 is 5.73 Å². The molecular weight excluding hydrogens is 304 g/mol. The van der Waals surface area contributed by atoms with Gasteiger partial charge in [0.1, 0.15) is 9.71 Å². The molecule has 4 rings (SSSR count). The largest absolute Gasteiger partial charge is 0.397 e. The van der Waals surface area contributed by atoms with E-state index in [1.54, 1.807) is 0 Å². The van der Waals surface area contributed by atoms with Crippen molar-refractivity contribution in [2.75, 3.05) is 5.73 Å². The number of fused-ring (bicyclic) bond motifs is 2. The molecule has 3 aromatic rings. The van der Waals surface area contributed by atoms with Crippen molar-refractivity contribution in [3.8, 4) is 0 Å². The summed E-state index contributed by atoms with van der Waals surface area (Å²) in [5, 5.41) is 0.933. The van der Waals surface area contributed by atoms with E-state index in [2.05, 4.69) is 13.0 Å². The first-order chi connectivity index (χ1) is 11.1. The monoisotopic (exact) mass is 322 g/mol. The highest BCUT2D eigenvalue weighted by Crippen LogP contribution is 2.37. The molecule has 2 heterocycles. The van der Waals surface area contributed by atoms with Crippen molar-refractivity contribution in [2.24, 2.45) is 5.92 Å². The fraction of sp³-hybridized carbons (Fsp3) is 0.263. The summed E-state index contributed by atoms with van der Waals surface area (Å²) in [6, 6.07) is 11.4. The van der Waals surface area contributed by atoms with Crippen LogP contribution in [0.5, 0.6) is 0 Å². The molecule has 1 aliphatic rings. The van der Waals surface area contributed by atoms with Crippen LogP contribution < -0.4 is 5.73 Å². The Kier molecular flexibility index (Phi) is 3.42. The number of hydrogen-bond donors (Lipinski definition) is 1. The molecule has 1 unspecified atom stereocenters. The summed E-state index contributed by atoms with van der Waals surface area (Å²) >= 11 is 1.41. The highest BCUT2D eigenvalue weighted by Gasteiger charge is 2.22. The Morgan fingerprint density at radius 1 is 1.30 bits per heavy atom. The summed E-state index contributed by atoms with van der Waals surface area (Å²) in [6.45, 7) is 2.27. The number of aryl methyl sites for hydroxylation is 1. The molecule has 23 heavy (non-hydrogen) atoms. The van der Waals surface area contributed by atoms with E-state index >= 15 is 0 Å². The molecule has 2 N–H and O–H groups in total. The number of carbonyl (C=O) groups is 1. The summed E-state index contributed by atoms with van der Waals surface area (Å²) in [7, 11) is 0. The molecule has 1 atom stereocenters. The standard InChI is InChI=1S/C19H18N2OS/c1-11-7-8-15-13(9-11)10-14-16(20)18(23-19(14)21-15)17(22)12-5-3-2-4-6-12/h2-6,10-11H,7-9,20H2,1H3. The van der Waals surface area contributed by atoms with Gasteiger partial charge in [0, 0.05) is 16.6 Å². The fourth-order valence-corrected chi connectivity index (χ4v) is 4.32. The van der Waals surface area contributed by atoms with Crippen LogP contribution in [-0.4, -0.2) is 10.8 Å². The van der Waals surface area contributed by atoms with E-state index in [-0.39, 0.29) is 5.78 Å². The maximum absolute atomic E-state index is 12.7. The van der Waals surface area contributed by atoms with E-state index in [4.69, 9.17) is 10.7 Å². The lowest BCUT2D eigenvalue weighted by Gasteiger charge is -2.20. The average Bonchev–Trinajstić information content (AvgIpc) is 2.89. The fourth-order valence-electron chi connectivity index (χ4n) is 3.26. The molecular formula is C19H18N2OS. The van der Waals surface area contributed by atoms with Gasteiger partial charge in [-0.15, -0.1) is 11.3 Å². The highest BCUT2D eigenvalue weighted by molar-refractivity contribution is 7.21. The molecule has 0 saturated heterocycles. The van der Waals surface area contributed by atoms with Crippen LogP contribution in [0.1, 0.15) is 39.8 Å². The van der Waals surface area contributed by atoms with Crippen LogP contribution in [0, 0.1) is 5.92 Å². The molecule has 0 saturated carbocycles. The molecule has 2 aromatic heterocycles. The first-order valence-electron chi connectivity index (χ1n) is 7.94. The summed E-state index contributed by atoms with van der Waals surface area (Å²) in [6.07, 6.45) is 3.25. The molecule has 116 valence electrons. The maximum atomic E-state index is 12.7. The number of pyridine rings is 1. The Morgan fingerprint density at radius 3 is 2.87 bits per heavy atom. The number of rotatable bonds is 2. The second-order valence-electron chi connectivity index (χ2n) is 6.33. The number of nitrogens with zero attached hydrogens (tertiary/aromatic N) is 1. The van der Waals surface area contributed by atoms with Crippen molar-refractivity contribution in [3.05, 3.63) is 58.1 Å². The van der Waals surface area contributed by atoms with E-state index in [0.29, 0.717) is 22.0 Å². The predicted octanol–water partition coefficient (Wildman–Crippen LogP) is 4.23. The SMILES string of the molecule is CC1CCc2nc3sc(C(=O)c4ccccc4)c(N)c3cc2C1. The molecule has 0 spiro atoms. The van der Waals surface area contributed by atoms with Gasteiger partial charge >= 0.3 is 0 Å². The van der Waals surface area contributed by atoms with Crippen molar-refractivity contribution in [1.29, 1.82) is 0 Å². The number of hydrogen-bond acceptors (Lipinski definition) is 4. The van der Waals surface area contributed by atoms with Crippen LogP contribution in [-0.2, 0) is 12.8 Å². The van der Waals surface area contributed by atoms with Crippen LogP contribution in [0.4, 0.5) is 5.69 Å². The van der Waals surface area contributed by atoms with Gasteiger partial charge in [-0.05, 0) is 36.8 Å². The molecule has 1 aromatic carbocycles. The Bertz CT molecular complexity index is 899. The molecule has 4 heteroatoms. The number of nitrogens with two attached hydrogens (primary N) is 1. The van der Waals surface area contributed by atoms with Crippen molar-refractivity contribution < 1.29 is 4.79 Å². The Morgan fingerprint density at radius 2 is 2.09 bits per heavy atom. The van der Waals surface area contributed by atoms with Gasteiger partial charge in [0.25, 0.3) is 0 Å². The summed E-state index contributed by atoms with van der Waals surface area (Å²) in [5.74, 6) is 0.671. The molecule has 0 bridgehead atoms. The summed E-state index contributed by atoms with van der Waals surface area (Å²) < 4.78 is 0. The van der Waals surface area contributed by atoms with Gasteiger partial charge in [-0.1, -0.05) is 37.3 Å². The second-order valence-corrected chi connectivity index (χ2v) is 7.33. The lowest BCUT2D eigenvalue weighted by atomic mass is 9.87. The average molecular weight is 322 g/mol. The number of ketones is 1. The van der Waals surface area contributed by atoms with Crippen LogP contribution >= 0.6 is 11.3 Å². The minimum absolute atomic E-state index is 0.0163. The van der Waals surface area contributed by atoms with Crippen molar-refractivity contribution >= 4 is 33.0 Å². The first kappa shape index (κ1) is 14.4. The summed E-state index contributed by atoms with van der Waals surface area (Å²) in [5.41, 5.74) is 10.0. The Labute approximate surface area is 139 Å². The minimum atomic E-state index is -0.0163.